The number of aryl methyl sites for hydroxylation is 1. The Labute approximate surface area is 138 Å². The molecule has 2 rings (SSSR count). The van der Waals surface area contributed by atoms with Crippen LogP contribution in [0, 0.1) is 6.92 Å². The second-order valence-corrected chi connectivity index (χ2v) is 9.68. The zero-order valence-electron chi connectivity index (χ0n) is 13.3. The molecule has 1 aromatic rings. The largest absolute Gasteiger partial charge is 0.215 e. The number of benzene rings is 1. The van der Waals surface area contributed by atoms with Crippen LogP contribution in [0.5, 0.6) is 0 Å². The van der Waals surface area contributed by atoms with Gasteiger partial charge in [0.25, 0.3) is 0 Å². The van der Waals surface area contributed by atoms with Gasteiger partial charge in [0, 0.05) is 12.6 Å². The SMILES string of the molecule is Cc1ccccc1CS(=O)(=O)NCCS(=O)(=O)NC1CCCC1. The molecule has 8 heteroatoms. The predicted octanol–water partition coefficient (Wildman–Crippen LogP) is 1.28. The molecular weight excluding hydrogens is 336 g/mol. The van der Waals surface area contributed by atoms with Crippen LogP contribution in [-0.4, -0.2) is 35.2 Å². The molecule has 0 saturated heterocycles. The van der Waals surface area contributed by atoms with Crippen molar-refractivity contribution in [2.75, 3.05) is 12.3 Å². The number of nitrogens with one attached hydrogen (secondary N) is 2. The van der Waals surface area contributed by atoms with E-state index in [4.69, 9.17) is 0 Å². The van der Waals surface area contributed by atoms with E-state index >= 15 is 0 Å². The highest BCUT2D eigenvalue weighted by Gasteiger charge is 2.22. The number of sulfonamides is 2. The topological polar surface area (TPSA) is 92.3 Å². The van der Waals surface area contributed by atoms with E-state index in [9.17, 15) is 16.8 Å². The first-order valence-electron chi connectivity index (χ1n) is 7.79. The van der Waals surface area contributed by atoms with Gasteiger partial charge in [0.15, 0.2) is 0 Å². The first-order valence-corrected chi connectivity index (χ1v) is 11.1. The normalized spacial score (nSPS) is 16.7. The lowest BCUT2D eigenvalue weighted by Crippen LogP contribution is -2.38. The number of hydrogen-bond donors (Lipinski definition) is 2. The third kappa shape index (κ3) is 6.21. The van der Waals surface area contributed by atoms with Crippen molar-refractivity contribution in [1.82, 2.24) is 9.44 Å². The van der Waals surface area contributed by atoms with Gasteiger partial charge in [-0.1, -0.05) is 37.1 Å². The average molecular weight is 361 g/mol. The van der Waals surface area contributed by atoms with Crippen molar-refractivity contribution in [2.24, 2.45) is 0 Å². The Morgan fingerprint density at radius 2 is 1.70 bits per heavy atom. The average Bonchev–Trinajstić information content (AvgIpc) is 2.92. The van der Waals surface area contributed by atoms with E-state index in [1.54, 1.807) is 12.1 Å². The summed E-state index contributed by atoms with van der Waals surface area (Å²) < 4.78 is 53.0. The van der Waals surface area contributed by atoms with Gasteiger partial charge in [-0.2, -0.15) is 0 Å². The molecule has 1 fully saturated rings. The molecule has 130 valence electrons. The zero-order valence-corrected chi connectivity index (χ0v) is 14.9. The van der Waals surface area contributed by atoms with E-state index in [-0.39, 0.29) is 24.1 Å². The van der Waals surface area contributed by atoms with Crippen LogP contribution in [0.1, 0.15) is 36.8 Å². The van der Waals surface area contributed by atoms with Gasteiger partial charge in [0.2, 0.25) is 20.0 Å². The first kappa shape index (κ1) is 18.4. The maximum absolute atomic E-state index is 12.1. The Morgan fingerprint density at radius 1 is 1.04 bits per heavy atom. The van der Waals surface area contributed by atoms with Gasteiger partial charge >= 0.3 is 0 Å². The molecule has 0 unspecified atom stereocenters. The third-order valence-corrected chi connectivity index (χ3v) is 6.77. The molecule has 23 heavy (non-hydrogen) atoms. The van der Waals surface area contributed by atoms with Gasteiger partial charge < -0.3 is 0 Å². The standard InChI is InChI=1S/C15H24N2O4S2/c1-13-6-2-3-7-14(13)12-23(20,21)16-10-11-22(18,19)17-15-8-4-5-9-15/h2-3,6-7,15-17H,4-5,8-12H2,1H3. The van der Waals surface area contributed by atoms with Crippen molar-refractivity contribution >= 4 is 20.0 Å². The summed E-state index contributed by atoms with van der Waals surface area (Å²) in [6.45, 7) is 1.73. The maximum atomic E-state index is 12.1. The highest BCUT2D eigenvalue weighted by atomic mass is 32.2. The predicted molar refractivity (Wildman–Crippen MR) is 91.0 cm³/mol. The Morgan fingerprint density at radius 3 is 2.35 bits per heavy atom. The zero-order chi connectivity index (χ0) is 16.9. The van der Waals surface area contributed by atoms with Gasteiger partial charge in [-0.25, -0.2) is 26.3 Å². The smallest absolute Gasteiger partial charge is 0.214 e. The second-order valence-electron chi connectivity index (χ2n) is 6.00. The fourth-order valence-electron chi connectivity index (χ4n) is 2.72. The van der Waals surface area contributed by atoms with Crippen LogP contribution in [-0.2, 0) is 25.8 Å². The first-order chi connectivity index (χ1) is 10.8. The van der Waals surface area contributed by atoms with Crippen molar-refractivity contribution in [3.05, 3.63) is 35.4 Å². The van der Waals surface area contributed by atoms with E-state index in [0.29, 0.717) is 5.56 Å². The van der Waals surface area contributed by atoms with Crippen LogP contribution in [0.4, 0.5) is 0 Å². The molecule has 0 aromatic heterocycles. The van der Waals surface area contributed by atoms with E-state index in [0.717, 1.165) is 31.2 Å². The Bertz CT molecular complexity index is 724. The lowest BCUT2D eigenvalue weighted by Gasteiger charge is -2.13. The number of rotatable bonds is 8. The summed E-state index contributed by atoms with van der Waals surface area (Å²) in [6.07, 6.45) is 3.79. The van der Waals surface area contributed by atoms with Crippen LogP contribution in [0.25, 0.3) is 0 Å². The van der Waals surface area contributed by atoms with Crippen molar-refractivity contribution < 1.29 is 16.8 Å². The molecule has 0 bridgehead atoms. The van der Waals surface area contributed by atoms with Gasteiger partial charge in [-0.3, -0.25) is 0 Å². The molecule has 0 spiro atoms. The van der Waals surface area contributed by atoms with Gasteiger partial charge in [0.05, 0.1) is 11.5 Å². The summed E-state index contributed by atoms with van der Waals surface area (Å²) in [7, 11) is -6.99. The molecule has 6 nitrogen and oxygen atoms in total. The van der Waals surface area contributed by atoms with Crippen molar-refractivity contribution in [2.45, 2.75) is 44.4 Å². The minimum atomic E-state index is -3.55. The van der Waals surface area contributed by atoms with Crippen LogP contribution in [0.2, 0.25) is 0 Å². The lowest BCUT2D eigenvalue weighted by atomic mass is 10.1. The van der Waals surface area contributed by atoms with Crippen LogP contribution < -0.4 is 9.44 Å². The third-order valence-electron chi connectivity index (χ3n) is 4.00. The Hall–Kier alpha value is -0.960. The summed E-state index contributed by atoms with van der Waals surface area (Å²) in [5, 5.41) is 0. The summed E-state index contributed by atoms with van der Waals surface area (Å²) in [5.41, 5.74) is 1.61. The summed E-state index contributed by atoms with van der Waals surface area (Å²) in [5.74, 6) is -0.383. The van der Waals surface area contributed by atoms with E-state index in [1.807, 2.05) is 19.1 Å². The molecule has 1 aliphatic carbocycles. The quantitative estimate of drug-likeness (QED) is 0.730. The van der Waals surface area contributed by atoms with Gasteiger partial charge in [-0.05, 0) is 30.9 Å². The highest BCUT2D eigenvalue weighted by Crippen LogP contribution is 2.18. The van der Waals surface area contributed by atoms with Crippen LogP contribution >= 0.6 is 0 Å². The van der Waals surface area contributed by atoms with Gasteiger partial charge in [-0.15, -0.1) is 0 Å². The Balaban J connectivity index is 1.83. The highest BCUT2D eigenvalue weighted by molar-refractivity contribution is 7.90. The molecule has 1 aliphatic rings. The monoisotopic (exact) mass is 360 g/mol. The second kappa shape index (κ2) is 7.74. The van der Waals surface area contributed by atoms with E-state index in [2.05, 4.69) is 9.44 Å². The summed E-state index contributed by atoms with van der Waals surface area (Å²) in [4.78, 5) is 0. The molecule has 0 radical (unpaired) electrons. The van der Waals surface area contributed by atoms with Crippen LogP contribution in [0.3, 0.4) is 0 Å². The fourth-order valence-corrected chi connectivity index (χ4v) is 5.33. The minimum Gasteiger partial charge on any atom is -0.214 e. The molecule has 0 aliphatic heterocycles. The maximum Gasteiger partial charge on any atom is 0.215 e. The van der Waals surface area contributed by atoms with Crippen LogP contribution in [0.15, 0.2) is 24.3 Å². The molecule has 0 amide bonds. The molecule has 1 saturated carbocycles. The molecule has 2 N–H and O–H groups in total. The van der Waals surface area contributed by atoms with Crippen molar-refractivity contribution in [3.63, 3.8) is 0 Å². The molecule has 0 heterocycles. The number of hydrogen-bond acceptors (Lipinski definition) is 4. The molecular formula is C15H24N2O4S2. The summed E-state index contributed by atoms with van der Waals surface area (Å²) in [6, 6.07) is 7.24. The van der Waals surface area contributed by atoms with E-state index < -0.39 is 20.0 Å². The van der Waals surface area contributed by atoms with Crippen molar-refractivity contribution in [1.29, 1.82) is 0 Å². The van der Waals surface area contributed by atoms with E-state index in [1.165, 1.54) is 0 Å². The molecule has 1 aromatic carbocycles. The lowest BCUT2D eigenvalue weighted by molar-refractivity contribution is 0.550. The fraction of sp³-hybridized carbons (Fsp3) is 0.600. The Kier molecular flexibility index (Phi) is 6.19. The van der Waals surface area contributed by atoms with Crippen molar-refractivity contribution in [3.8, 4) is 0 Å². The summed E-state index contributed by atoms with van der Waals surface area (Å²) >= 11 is 0. The van der Waals surface area contributed by atoms with Gasteiger partial charge in [0.1, 0.15) is 0 Å². The molecule has 0 atom stereocenters. The minimum absolute atomic E-state index is 0.00331.